The van der Waals surface area contributed by atoms with Gasteiger partial charge in [-0.1, -0.05) is 5.16 Å². The Hall–Kier alpha value is -1.84. The van der Waals surface area contributed by atoms with Gasteiger partial charge < -0.3 is 9.84 Å². The smallest absolute Gasteiger partial charge is 0.244 e. The van der Waals surface area contributed by atoms with E-state index in [4.69, 9.17) is 4.52 Å². The minimum Gasteiger partial charge on any atom is -0.360 e. The van der Waals surface area contributed by atoms with E-state index in [-0.39, 0.29) is 18.8 Å². The van der Waals surface area contributed by atoms with Gasteiger partial charge in [0.1, 0.15) is 4.90 Å². The van der Waals surface area contributed by atoms with Crippen LogP contribution in [0.2, 0.25) is 0 Å². The van der Waals surface area contributed by atoms with E-state index in [0.29, 0.717) is 5.56 Å². The first kappa shape index (κ1) is 15.5. The lowest BCUT2D eigenvalue weighted by molar-refractivity contribution is 0.380. The summed E-state index contributed by atoms with van der Waals surface area (Å²) in [5.74, 6) is -2.38. The predicted molar refractivity (Wildman–Crippen MR) is 69.7 cm³/mol. The Labute approximate surface area is 120 Å². The Morgan fingerprint density at radius 1 is 1.29 bits per heavy atom. The molecule has 21 heavy (non-hydrogen) atoms. The van der Waals surface area contributed by atoms with E-state index < -0.39 is 26.6 Å². The number of nitrogens with zero attached hydrogens (tertiary/aromatic N) is 1. The van der Waals surface area contributed by atoms with Crippen LogP contribution >= 0.6 is 0 Å². The number of rotatable bonds is 6. The summed E-state index contributed by atoms with van der Waals surface area (Å²) in [5, 5.41) is 6.15. The molecule has 0 saturated heterocycles. The molecule has 2 N–H and O–H groups in total. The fourth-order valence-corrected chi connectivity index (χ4v) is 2.82. The minimum atomic E-state index is -4.21. The molecule has 9 heteroatoms. The molecule has 0 fully saturated rings. The quantitative estimate of drug-likeness (QED) is 0.835. The minimum absolute atomic E-state index is 0.209. The van der Waals surface area contributed by atoms with E-state index in [1.807, 2.05) is 0 Å². The highest BCUT2D eigenvalue weighted by Crippen LogP contribution is 2.20. The highest BCUT2D eigenvalue weighted by Gasteiger charge is 2.23. The van der Waals surface area contributed by atoms with Crippen LogP contribution in [0, 0.1) is 11.6 Å². The highest BCUT2D eigenvalue weighted by atomic mass is 32.2. The van der Waals surface area contributed by atoms with E-state index >= 15 is 0 Å². The molecule has 0 unspecified atom stereocenters. The predicted octanol–water partition coefficient (Wildman–Crippen LogP) is 1.15. The van der Waals surface area contributed by atoms with Gasteiger partial charge >= 0.3 is 0 Å². The molecule has 0 atom stereocenters. The lowest BCUT2D eigenvalue weighted by atomic mass is 10.2. The van der Waals surface area contributed by atoms with Crippen molar-refractivity contribution in [2.45, 2.75) is 18.0 Å². The Balaban J connectivity index is 2.30. The van der Waals surface area contributed by atoms with Crippen LogP contribution in [0.15, 0.2) is 33.8 Å². The van der Waals surface area contributed by atoms with E-state index in [9.17, 15) is 17.2 Å². The maximum atomic E-state index is 13.7. The van der Waals surface area contributed by atoms with Crippen LogP contribution in [0.1, 0.15) is 11.3 Å². The normalized spacial score (nSPS) is 11.8. The van der Waals surface area contributed by atoms with E-state index in [0.717, 1.165) is 12.1 Å². The van der Waals surface area contributed by atoms with Gasteiger partial charge in [-0.05, 0) is 24.7 Å². The van der Waals surface area contributed by atoms with Gasteiger partial charge in [-0.3, -0.25) is 0 Å². The van der Waals surface area contributed by atoms with Crippen molar-refractivity contribution in [3.05, 3.63) is 47.4 Å². The molecule has 0 bridgehead atoms. The molecule has 2 rings (SSSR count). The van der Waals surface area contributed by atoms with Gasteiger partial charge in [-0.25, -0.2) is 21.9 Å². The van der Waals surface area contributed by atoms with E-state index in [1.165, 1.54) is 12.3 Å². The third-order valence-electron chi connectivity index (χ3n) is 2.65. The Morgan fingerprint density at radius 2 is 2.05 bits per heavy atom. The zero-order chi connectivity index (χ0) is 15.5. The molecule has 2 aromatic rings. The summed E-state index contributed by atoms with van der Waals surface area (Å²) < 4.78 is 58.2. The number of benzene rings is 1. The third kappa shape index (κ3) is 3.63. The summed E-state index contributed by atoms with van der Waals surface area (Å²) in [5.41, 5.74) is 0.316. The molecule has 0 radical (unpaired) electrons. The summed E-state index contributed by atoms with van der Waals surface area (Å²) in [6.07, 6.45) is 1.34. The second kappa shape index (κ2) is 6.29. The summed E-state index contributed by atoms with van der Waals surface area (Å²) in [4.78, 5) is -0.743. The first-order valence-electron chi connectivity index (χ1n) is 5.96. The van der Waals surface area contributed by atoms with Crippen molar-refractivity contribution < 1.29 is 21.7 Å². The zero-order valence-corrected chi connectivity index (χ0v) is 11.9. The van der Waals surface area contributed by atoms with Crippen LogP contribution in [-0.2, 0) is 23.1 Å². The van der Waals surface area contributed by atoms with Crippen LogP contribution in [0.3, 0.4) is 0 Å². The summed E-state index contributed by atoms with van der Waals surface area (Å²) in [6, 6.07) is 3.48. The average Bonchev–Trinajstić information content (AvgIpc) is 2.94. The molecule has 114 valence electrons. The molecule has 0 aliphatic heterocycles. The second-order valence-corrected chi connectivity index (χ2v) is 5.96. The van der Waals surface area contributed by atoms with Crippen molar-refractivity contribution >= 4 is 10.0 Å². The van der Waals surface area contributed by atoms with Crippen molar-refractivity contribution in [2.24, 2.45) is 0 Å². The first-order chi connectivity index (χ1) is 9.94. The van der Waals surface area contributed by atoms with Gasteiger partial charge in [0.25, 0.3) is 0 Å². The van der Waals surface area contributed by atoms with Gasteiger partial charge in [0.15, 0.2) is 17.4 Å². The average molecular weight is 317 g/mol. The molecule has 0 aliphatic carbocycles. The molecule has 0 aliphatic rings. The lowest BCUT2D eigenvalue weighted by Crippen LogP contribution is -2.25. The van der Waals surface area contributed by atoms with Crippen molar-refractivity contribution in [3.63, 3.8) is 0 Å². The fourth-order valence-electron chi connectivity index (χ4n) is 1.70. The monoisotopic (exact) mass is 317 g/mol. The largest absolute Gasteiger partial charge is 0.360 e. The summed E-state index contributed by atoms with van der Waals surface area (Å²) in [6.45, 7) is 0.00146. The molecule has 0 amide bonds. The number of halogens is 2. The SMILES string of the molecule is CNCc1cc(F)c(F)c(S(=O)(=O)NCc2ccno2)c1. The number of nitrogens with one attached hydrogen (secondary N) is 2. The Morgan fingerprint density at radius 3 is 2.67 bits per heavy atom. The molecular weight excluding hydrogens is 304 g/mol. The molecule has 0 saturated carbocycles. The summed E-state index contributed by atoms with van der Waals surface area (Å²) >= 11 is 0. The van der Waals surface area contributed by atoms with Crippen LogP contribution < -0.4 is 10.0 Å². The van der Waals surface area contributed by atoms with Gasteiger partial charge in [-0.2, -0.15) is 0 Å². The fraction of sp³-hybridized carbons (Fsp3) is 0.250. The van der Waals surface area contributed by atoms with E-state index in [1.54, 1.807) is 7.05 Å². The van der Waals surface area contributed by atoms with Gasteiger partial charge in [0.05, 0.1) is 12.7 Å². The van der Waals surface area contributed by atoms with Gasteiger partial charge in [-0.15, -0.1) is 0 Å². The Kier molecular flexibility index (Phi) is 4.66. The Bertz CT molecular complexity index is 718. The van der Waals surface area contributed by atoms with Crippen LogP contribution in [0.5, 0.6) is 0 Å². The number of hydrogen-bond donors (Lipinski definition) is 2. The molecule has 6 nitrogen and oxygen atoms in total. The van der Waals surface area contributed by atoms with Gasteiger partial charge in [0.2, 0.25) is 10.0 Å². The molecule has 1 aromatic heterocycles. The molecule has 1 heterocycles. The van der Waals surface area contributed by atoms with Crippen LogP contribution in [0.4, 0.5) is 8.78 Å². The van der Waals surface area contributed by atoms with Crippen molar-refractivity contribution in [3.8, 4) is 0 Å². The second-order valence-electron chi connectivity index (χ2n) is 4.22. The zero-order valence-electron chi connectivity index (χ0n) is 11.1. The lowest BCUT2D eigenvalue weighted by Gasteiger charge is -2.09. The maximum absolute atomic E-state index is 13.7. The van der Waals surface area contributed by atoms with Gasteiger partial charge in [0, 0.05) is 12.6 Å². The summed E-state index contributed by atoms with van der Waals surface area (Å²) in [7, 11) is -2.60. The topological polar surface area (TPSA) is 84.2 Å². The van der Waals surface area contributed by atoms with Crippen molar-refractivity contribution in [1.82, 2.24) is 15.2 Å². The molecular formula is C12H13F2N3O3S. The first-order valence-corrected chi connectivity index (χ1v) is 7.44. The number of aromatic nitrogens is 1. The molecule has 1 aromatic carbocycles. The van der Waals surface area contributed by atoms with Crippen molar-refractivity contribution in [2.75, 3.05) is 7.05 Å². The maximum Gasteiger partial charge on any atom is 0.244 e. The van der Waals surface area contributed by atoms with Crippen LogP contribution in [-0.4, -0.2) is 20.6 Å². The highest BCUT2D eigenvalue weighted by molar-refractivity contribution is 7.89. The third-order valence-corrected chi connectivity index (χ3v) is 4.05. The standard InChI is InChI=1S/C12H13F2N3O3S/c1-15-6-8-4-10(13)12(14)11(5-8)21(18,19)17-7-9-2-3-16-20-9/h2-5,15,17H,6-7H2,1H3. The van der Waals surface area contributed by atoms with E-state index in [2.05, 4.69) is 15.2 Å². The van der Waals surface area contributed by atoms with Crippen LogP contribution in [0.25, 0.3) is 0 Å². The number of hydrogen-bond acceptors (Lipinski definition) is 5. The number of sulfonamides is 1. The molecule has 0 spiro atoms. The van der Waals surface area contributed by atoms with Crippen molar-refractivity contribution in [1.29, 1.82) is 0 Å².